The first-order chi connectivity index (χ1) is 13.1. The summed E-state index contributed by atoms with van der Waals surface area (Å²) in [6.07, 6.45) is 7.59. The molecule has 0 spiro atoms. The molecule has 0 unspecified atom stereocenters. The van der Waals surface area contributed by atoms with Crippen LogP contribution in [0.2, 0.25) is 0 Å². The zero-order chi connectivity index (χ0) is 19.1. The summed E-state index contributed by atoms with van der Waals surface area (Å²) in [6.45, 7) is 2.64. The Labute approximate surface area is 160 Å². The fourth-order valence-electron chi connectivity index (χ4n) is 3.62. The van der Waals surface area contributed by atoms with Crippen molar-refractivity contribution in [2.75, 3.05) is 6.54 Å². The Bertz CT molecular complexity index is 748. The molecule has 1 aliphatic rings. The minimum atomic E-state index is -0.101. The molecule has 0 saturated heterocycles. The standard InChI is InChI=1S/C22H28N2O3/c1-17-20(13-15-27-17)22(26)24(16-18-8-4-2-5-9-18)14-12-21(25)23-19-10-6-3-7-11-19/h2,4-5,8-9,13,15,19H,3,6-7,10-12,14,16H2,1H3,(H,23,25). The molecule has 1 aliphatic carbocycles. The molecule has 1 heterocycles. The van der Waals surface area contributed by atoms with Gasteiger partial charge in [0.15, 0.2) is 0 Å². The van der Waals surface area contributed by atoms with Crippen molar-refractivity contribution in [3.8, 4) is 0 Å². The molecule has 1 aromatic carbocycles. The third-order valence-corrected chi connectivity index (χ3v) is 5.17. The molecule has 1 aromatic heterocycles. The Morgan fingerprint density at radius 3 is 2.52 bits per heavy atom. The molecular formula is C22H28N2O3. The molecule has 2 aromatic rings. The molecule has 3 rings (SSSR count). The fourth-order valence-corrected chi connectivity index (χ4v) is 3.62. The number of benzene rings is 1. The summed E-state index contributed by atoms with van der Waals surface area (Å²) < 4.78 is 5.29. The largest absolute Gasteiger partial charge is 0.469 e. The van der Waals surface area contributed by atoms with Gasteiger partial charge in [0.2, 0.25) is 5.91 Å². The number of nitrogens with one attached hydrogen (secondary N) is 1. The average molecular weight is 368 g/mol. The van der Waals surface area contributed by atoms with Crippen LogP contribution in [-0.2, 0) is 11.3 Å². The van der Waals surface area contributed by atoms with Crippen molar-refractivity contribution < 1.29 is 14.0 Å². The Morgan fingerprint density at radius 1 is 1.11 bits per heavy atom. The van der Waals surface area contributed by atoms with E-state index in [1.807, 2.05) is 30.3 Å². The second kappa shape index (κ2) is 9.40. The number of nitrogens with zero attached hydrogens (tertiary/aromatic N) is 1. The maximum atomic E-state index is 13.0. The number of carbonyl (C=O) groups excluding carboxylic acids is 2. The second-order valence-corrected chi connectivity index (χ2v) is 7.26. The third-order valence-electron chi connectivity index (χ3n) is 5.17. The molecule has 1 N–H and O–H groups in total. The van der Waals surface area contributed by atoms with Gasteiger partial charge in [-0.2, -0.15) is 0 Å². The van der Waals surface area contributed by atoms with E-state index >= 15 is 0 Å². The summed E-state index contributed by atoms with van der Waals surface area (Å²) in [5, 5.41) is 3.13. The molecule has 0 atom stereocenters. The summed E-state index contributed by atoms with van der Waals surface area (Å²) in [7, 11) is 0. The van der Waals surface area contributed by atoms with E-state index in [-0.39, 0.29) is 11.8 Å². The van der Waals surface area contributed by atoms with Crippen LogP contribution in [0, 0.1) is 6.92 Å². The summed E-state index contributed by atoms with van der Waals surface area (Å²) >= 11 is 0. The summed E-state index contributed by atoms with van der Waals surface area (Å²) in [5.74, 6) is 0.525. The molecule has 1 fully saturated rings. The molecule has 144 valence electrons. The predicted octanol–water partition coefficient (Wildman–Crippen LogP) is 4.07. The van der Waals surface area contributed by atoms with Gasteiger partial charge in [-0.15, -0.1) is 0 Å². The van der Waals surface area contributed by atoms with Crippen molar-refractivity contribution >= 4 is 11.8 Å². The quantitative estimate of drug-likeness (QED) is 0.801. The van der Waals surface area contributed by atoms with Crippen molar-refractivity contribution in [3.05, 3.63) is 59.5 Å². The van der Waals surface area contributed by atoms with Crippen molar-refractivity contribution in [1.29, 1.82) is 0 Å². The zero-order valence-corrected chi connectivity index (χ0v) is 15.9. The number of hydrogen-bond donors (Lipinski definition) is 1. The van der Waals surface area contributed by atoms with E-state index in [0.29, 0.717) is 36.9 Å². The average Bonchev–Trinajstić information content (AvgIpc) is 3.12. The van der Waals surface area contributed by atoms with E-state index in [2.05, 4.69) is 5.32 Å². The van der Waals surface area contributed by atoms with Crippen LogP contribution in [0.4, 0.5) is 0 Å². The van der Waals surface area contributed by atoms with E-state index in [1.165, 1.54) is 25.5 Å². The van der Waals surface area contributed by atoms with Gasteiger partial charge in [0.05, 0.1) is 11.8 Å². The Hall–Kier alpha value is -2.56. The van der Waals surface area contributed by atoms with E-state index < -0.39 is 0 Å². The van der Waals surface area contributed by atoms with Crippen LogP contribution in [0.5, 0.6) is 0 Å². The molecule has 5 nitrogen and oxygen atoms in total. The smallest absolute Gasteiger partial charge is 0.257 e. The summed E-state index contributed by atoms with van der Waals surface area (Å²) in [4.78, 5) is 27.1. The predicted molar refractivity (Wildman–Crippen MR) is 104 cm³/mol. The molecule has 0 aliphatic heterocycles. The van der Waals surface area contributed by atoms with E-state index in [4.69, 9.17) is 4.42 Å². The lowest BCUT2D eigenvalue weighted by atomic mass is 9.95. The van der Waals surface area contributed by atoms with Gasteiger partial charge in [-0.25, -0.2) is 0 Å². The molecule has 2 amide bonds. The first kappa shape index (κ1) is 19.2. The van der Waals surface area contributed by atoms with Crippen molar-refractivity contribution in [3.63, 3.8) is 0 Å². The molecule has 27 heavy (non-hydrogen) atoms. The first-order valence-corrected chi connectivity index (χ1v) is 9.80. The van der Waals surface area contributed by atoms with Crippen molar-refractivity contribution in [1.82, 2.24) is 10.2 Å². The molecule has 0 radical (unpaired) electrons. The first-order valence-electron chi connectivity index (χ1n) is 9.80. The minimum absolute atomic E-state index is 0.0247. The zero-order valence-electron chi connectivity index (χ0n) is 15.9. The Balaban J connectivity index is 1.63. The van der Waals surface area contributed by atoms with E-state index in [9.17, 15) is 9.59 Å². The van der Waals surface area contributed by atoms with E-state index in [1.54, 1.807) is 17.9 Å². The van der Waals surface area contributed by atoms with Crippen LogP contribution < -0.4 is 5.32 Å². The van der Waals surface area contributed by atoms with Gasteiger partial charge in [-0.3, -0.25) is 9.59 Å². The van der Waals surface area contributed by atoms with Crippen LogP contribution in [0.25, 0.3) is 0 Å². The lowest BCUT2D eigenvalue weighted by Crippen LogP contribution is -2.39. The van der Waals surface area contributed by atoms with Crippen molar-refractivity contribution in [2.24, 2.45) is 0 Å². The van der Waals surface area contributed by atoms with Gasteiger partial charge in [-0.1, -0.05) is 49.6 Å². The van der Waals surface area contributed by atoms with Gasteiger partial charge in [-0.05, 0) is 31.4 Å². The lowest BCUT2D eigenvalue weighted by molar-refractivity contribution is -0.122. The van der Waals surface area contributed by atoms with Crippen LogP contribution in [0.15, 0.2) is 47.1 Å². The fraction of sp³-hybridized carbons (Fsp3) is 0.455. The third kappa shape index (κ3) is 5.46. The Kier molecular flexibility index (Phi) is 6.69. The monoisotopic (exact) mass is 368 g/mol. The van der Waals surface area contributed by atoms with Gasteiger partial charge >= 0.3 is 0 Å². The van der Waals surface area contributed by atoms with Crippen LogP contribution in [-0.4, -0.2) is 29.3 Å². The van der Waals surface area contributed by atoms with Gasteiger partial charge < -0.3 is 14.6 Å². The van der Waals surface area contributed by atoms with Crippen LogP contribution >= 0.6 is 0 Å². The number of rotatable bonds is 7. The van der Waals surface area contributed by atoms with Gasteiger partial charge in [0.25, 0.3) is 5.91 Å². The summed E-state index contributed by atoms with van der Waals surface area (Å²) in [5.41, 5.74) is 1.60. The highest BCUT2D eigenvalue weighted by Crippen LogP contribution is 2.18. The lowest BCUT2D eigenvalue weighted by Gasteiger charge is -2.25. The molecular weight excluding hydrogens is 340 g/mol. The van der Waals surface area contributed by atoms with Gasteiger partial charge in [0.1, 0.15) is 5.76 Å². The Morgan fingerprint density at radius 2 is 1.85 bits per heavy atom. The molecule has 1 saturated carbocycles. The topological polar surface area (TPSA) is 62.6 Å². The maximum absolute atomic E-state index is 13.0. The highest BCUT2D eigenvalue weighted by atomic mass is 16.3. The normalized spacial score (nSPS) is 14.7. The van der Waals surface area contributed by atoms with Crippen molar-refractivity contribution in [2.45, 2.75) is 58.0 Å². The number of carbonyl (C=O) groups is 2. The molecule has 5 heteroatoms. The van der Waals surface area contributed by atoms with Crippen LogP contribution in [0.3, 0.4) is 0 Å². The van der Waals surface area contributed by atoms with Gasteiger partial charge in [0, 0.05) is 25.6 Å². The number of hydrogen-bond acceptors (Lipinski definition) is 3. The molecule has 0 bridgehead atoms. The highest BCUT2D eigenvalue weighted by Gasteiger charge is 2.21. The maximum Gasteiger partial charge on any atom is 0.257 e. The number of amides is 2. The van der Waals surface area contributed by atoms with E-state index in [0.717, 1.165) is 18.4 Å². The number of aryl methyl sites for hydroxylation is 1. The van der Waals surface area contributed by atoms with Crippen LogP contribution in [0.1, 0.15) is 60.2 Å². The minimum Gasteiger partial charge on any atom is -0.469 e. The summed E-state index contributed by atoms with van der Waals surface area (Å²) in [6, 6.07) is 11.8. The SMILES string of the molecule is Cc1occc1C(=O)N(CCC(=O)NC1CCCCC1)Cc1ccccc1. The second-order valence-electron chi connectivity index (χ2n) is 7.26. The highest BCUT2D eigenvalue weighted by molar-refractivity contribution is 5.95. The number of furan rings is 1.